The van der Waals surface area contributed by atoms with Crippen molar-refractivity contribution in [3.63, 3.8) is 0 Å². The van der Waals surface area contributed by atoms with E-state index in [1.54, 1.807) is 42.6 Å². The highest BCUT2D eigenvalue weighted by Crippen LogP contribution is 2.30. The lowest BCUT2D eigenvalue weighted by atomic mass is 10.0. The van der Waals surface area contributed by atoms with Crippen molar-refractivity contribution in [1.82, 2.24) is 15.0 Å². The number of halogens is 1. The molecular weight excluding hydrogens is 516 g/mol. The third-order valence-corrected chi connectivity index (χ3v) is 5.98. The third kappa shape index (κ3) is 4.56. The Hall–Kier alpha value is -4.31. The number of aromatic nitrogens is 3. The van der Waals surface area contributed by atoms with Gasteiger partial charge in [0, 0.05) is 39.2 Å². The van der Waals surface area contributed by atoms with E-state index in [-0.39, 0.29) is 18.1 Å². The average Bonchev–Trinajstić information content (AvgIpc) is 3.47. The number of ether oxygens (including phenoxy) is 1. The predicted octanol–water partition coefficient (Wildman–Crippen LogP) is 5.80. The smallest absolute Gasteiger partial charge is 0.271 e. The molecule has 0 N–H and O–H groups in total. The molecular formula is C25H17BrN4O5. The molecule has 3 aromatic carbocycles. The molecule has 9 nitrogen and oxygen atoms in total. The first-order valence-corrected chi connectivity index (χ1v) is 11.3. The normalized spacial score (nSPS) is 11.0. The average molecular weight is 533 g/mol. The lowest BCUT2D eigenvalue weighted by Gasteiger charge is -2.03. The summed E-state index contributed by atoms with van der Waals surface area (Å²) < 4.78 is 14.1. The van der Waals surface area contributed by atoms with Crippen LogP contribution in [0.25, 0.3) is 16.7 Å². The molecule has 0 aliphatic rings. The summed E-state index contributed by atoms with van der Waals surface area (Å²) >= 11 is 3.37. The van der Waals surface area contributed by atoms with Crippen LogP contribution in [-0.4, -0.2) is 25.7 Å². The van der Waals surface area contributed by atoms with Crippen LogP contribution < -0.4 is 4.74 Å². The molecule has 174 valence electrons. The number of nitro benzene ring substituents is 1. The molecule has 0 radical (unpaired) electrons. The zero-order chi connectivity index (χ0) is 24.5. The molecule has 0 amide bonds. The Kier molecular flexibility index (Phi) is 5.87. The predicted molar refractivity (Wildman–Crippen MR) is 131 cm³/mol. The summed E-state index contributed by atoms with van der Waals surface area (Å²) in [7, 11) is 0. The van der Waals surface area contributed by atoms with Crippen LogP contribution in [-0.2, 0) is 6.61 Å². The van der Waals surface area contributed by atoms with E-state index >= 15 is 0 Å². The van der Waals surface area contributed by atoms with Crippen LogP contribution in [0, 0.1) is 17.0 Å². The largest absolute Gasteiger partial charge is 0.487 e. The number of hydrogen-bond donors (Lipinski definition) is 0. The molecule has 2 heterocycles. The number of fused-ring (bicyclic) bond motifs is 1. The van der Waals surface area contributed by atoms with Crippen LogP contribution in [0.2, 0.25) is 0 Å². The zero-order valence-corrected chi connectivity index (χ0v) is 19.9. The first-order valence-electron chi connectivity index (χ1n) is 10.5. The van der Waals surface area contributed by atoms with Gasteiger partial charge in [-0.05, 0) is 49.4 Å². The van der Waals surface area contributed by atoms with Crippen LogP contribution in [0.4, 0.5) is 5.69 Å². The van der Waals surface area contributed by atoms with Crippen LogP contribution in [0.3, 0.4) is 0 Å². The van der Waals surface area contributed by atoms with Crippen molar-refractivity contribution >= 4 is 38.4 Å². The molecule has 2 aromatic heterocycles. The molecule has 0 atom stereocenters. The number of carbonyl (C=O) groups is 1. The van der Waals surface area contributed by atoms with Gasteiger partial charge in [0.2, 0.25) is 5.78 Å². The SMILES string of the molecule is Cc1c(C(=O)c2ccc(Br)cc2)oc2cc(OCc3cn(-c4cccc([N+](=O)[O-])c4)nn3)ccc12. The van der Waals surface area contributed by atoms with Crippen LogP contribution in [0.15, 0.2) is 81.8 Å². The van der Waals surface area contributed by atoms with E-state index in [2.05, 4.69) is 26.2 Å². The van der Waals surface area contributed by atoms with Gasteiger partial charge in [-0.1, -0.05) is 27.2 Å². The summed E-state index contributed by atoms with van der Waals surface area (Å²) in [5.41, 5.74) is 2.88. The summed E-state index contributed by atoms with van der Waals surface area (Å²) in [6, 6.07) is 18.6. The van der Waals surface area contributed by atoms with E-state index in [1.165, 1.54) is 16.8 Å². The molecule has 0 aliphatic heterocycles. The Labute approximate surface area is 207 Å². The highest BCUT2D eigenvalue weighted by atomic mass is 79.9. The monoisotopic (exact) mass is 532 g/mol. The first kappa shape index (κ1) is 22.5. The minimum absolute atomic E-state index is 0.0316. The number of furan rings is 1. The standard InChI is InChI=1S/C25H17BrN4O5/c1-15-22-10-9-21(12-23(22)35-25(15)24(31)16-5-7-17(26)8-6-16)34-14-18-13-29(28-27-18)19-3-2-4-20(11-19)30(32)33/h2-13H,14H2,1H3. The van der Waals surface area contributed by atoms with Gasteiger partial charge in [-0.25, -0.2) is 4.68 Å². The van der Waals surface area contributed by atoms with Gasteiger partial charge in [0.15, 0.2) is 5.76 Å². The number of carbonyl (C=O) groups excluding carboxylic acids is 1. The summed E-state index contributed by atoms with van der Waals surface area (Å²) in [5.74, 6) is 0.643. The molecule has 0 aliphatic carbocycles. The second-order valence-corrected chi connectivity index (χ2v) is 8.69. The number of ketones is 1. The van der Waals surface area contributed by atoms with Gasteiger partial charge in [-0.15, -0.1) is 5.10 Å². The number of nitrogens with zero attached hydrogens (tertiary/aromatic N) is 4. The minimum atomic E-state index is -0.463. The van der Waals surface area contributed by atoms with Gasteiger partial charge in [0.05, 0.1) is 16.8 Å². The number of hydrogen-bond acceptors (Lipinski definition) is 7. The van der Waals surface area contributed by atoms with Gasteiger partial charge in [0.25, 0.3) is 5.69 Å². The number of nitro groups is 1. The van der Waals surface area contributed by atoms with Crippen molar-refractivity contribution in [3.05, 3.63) is 110 Å². The van der Waals surface area contributed by atoms with Gasteiger partial charge in [-0.2, -0.15) is 0 Å². The Morgan fingerprint density at radius 2 is 1.94 bits per heavy atom. The van der Waals surface area contributed by atoms with Crippen LogP contribution >= 0.6 is 15.9 Å². The van der Waals surface area contributed by atoms with Gasteiger partial charge >= 0.3 is 0 Å². The van der Waals surface area contributed by atoms with Crippen molar-refractivity contribution < 1.29 is 18.9 Å². The maximum absolute atomic E-state index is 12.9. The summed E-state index contributed by atoms with van der Waals surface area (Å²) in [4.78, 5) is 23.5. The van der Waals surface area contributed by atoms with Crippen molar-refractivity contribution in [2.24, 2.45) is 0 Å². The van der Waals surface area contributed by atoms with Crippen molar-refractivity contribution in [2.45, 2.75) is 13.5 Å². The molecule has 0 saturated heterocycles. The van der Waals surface area contributed by atoms with Crippen molar-refractivity contribution in [3.8, 4) is 11.4 Å². The number of aryl methyl sites for hydroxylation is 1. The first-order chi connectivity index (χ1) is 16.9. The fourth-order valence-corrected chi connectivity index (χ4v) is 3.91. The number of rotatable bonds is 7. The fourth-order valence-electron chi connectivity index (χ4n) is 3.64. The van der Waals surface area contributed by atoms with E-state index in [4.69, 9.17) is 9.15 Å². The number of non-ortho nitro benzene ring substituents is 1. The molecule has 0 spiro atoms. The highest BCUT2D eigenvalue weighted by Gasteiger charge is 2.20. The lowest BCUT2D eigenvalue weighted by Crippen LogP contribution is -2.01. The van der Waals surface area contributed by atoms with Gasteiger partial charge in [0.1, 0.15) is 23.6 Å². The van der Waals surface area contributed by atoms with Crippen LogP contribution in [0.1, 0.15) is 27.4 Å². The summed E-state index contributed by atoms with van der Waals surface area (Å²) in [6.45, 7) is 1.98. The molecule has 35 heavy (non-hydrogen) atoms. The van der Waals surface area contributed by atoms with E-state index in [0.717, 1.165) is 15.4 Å². The molecule has 5 rings (SSSR count). The van der Waals surface area contributed by atoms with Crippen molar-refractivity contribution in [1.29, 1.82) is 0 Å². The topological polar surface area (TPSA) is 113 Å². The van der Waals surface area contributed by atoms with Crippen LogP contribution in [0.5, 0.6) is 5.75 Å². The Morgan fingerprint density at radius 3 is 2.71 bits per heavy atom. The van der Waals surface area contributed by atoms with Gasteiger partial charge in [-0.3, -0.25) is 14.9 Å². The van der Waals surface area contributed by atoms with Gasteiger partial charge < -0.3 is 9.15 Å². The molecule has 5 aromatic rings. The lowest BCUT2D eigenvalue weighted by molar-refractivity contribution is -0.384. The Balaban J connectivity index is 1.33. The molecule has 10 heteroatoms. The second-order valence-electron chi connectivity index (χ2n) is 7.77. The van der Waals surface area contributed by atoms with E-state index in [0.29, 0.717) is 34.0 Å². The molecule has 0 unspecified atom stereocenters. The number of benzene rings is 3. The summed E-state index contributed by atoms with van der Waals surface area (Å²) in [5, 5.41) is 19.9. The maximum Gasteiger partial charge on any atom is 0.271 e. The maximum atomic E-state index is 12.9. The minimum Gasteiger partial charge on any atom is -0.487 e. The zero-order valence-electron chi connectivity index (χ0n) is 18.3. The second kappa shape index (κ2) is 9.15. The van der Waals surface area contributed by atoms with E-state index in [9.17, 15) is 14.9 Å². The van der Waals surface area contributed by atoms with E-state index in [1.807, 2.05) is 25.1 Å². The quantitative estimate of drug-likeness (QED) is 0.148. The molecule has 0 bridgehead atoms. The Bertz CT molecular complexity index is 1570. The van der Waals surface area contributed by atoms with E-state index < -0.39 is 4.92 Å². The Morgan fingerprint density at radius 1 is 1.14 bits per heavy atom. The fraction of sp³-hybridized carbons (Fsp3) is 0.0800. The molecule has 0 fully saturated rings. The highest BCUT2D eigenvalue weighted by molar-refractivity contribution is 9.10. The molecule has 0 saturated carbocycles. The third-order valence-electron chi connectivity index (χ3n) is 5.45. The summed E-state index contributed by atoms with van der Waals surface area (Å²) in [6.07, 6.45) is 1.64. The van der Waals surface area contributed by atoms with Crippen molar-refractivity contribution in [2.75, 3.05) is 0 Å².